The molecule has 0 aliphatic heterocycles. The van der Waals surface area contributed by atoms with Gasteiger partial charge >= 0.3 is 0 Å². The van der Waals surface area contributed by atoms with Gasteiger partial charge in [-0.15, -0.1) is 47.2 Å². The quantitative estimate of drug-likeness (QED) is 0.0745. The number of para-hydroxylation sites is 1. The second-order valence-electron chi connectivity index (χ2n) is 11.3. The number of rotatable bonds is 7. The van der Waals surface area contributed by atoms with E-state index in [2.05, 4.69) is 146 Å². The molecule has 0 heterocycles. The fourth-order valence-corrected chi connectivity index (χ4v) is 8.26. The SMILES string of the molecule is CCc1cccc(CC)c1N=Cc1cc(Cl)cc(Cl)c1O.[Ni].[c-]1cccc2ccccc12.c1ccc(P(c2ccccc2)c2ccccc2)cc1. The summed E-state index contributed by atoms with van der Waals surface area (Å²) in [4.78, 5) is 4.56. The fraction of sp³-hybridized carbons (Fsp3) is 0.0889. The first-order valence-electron chi connectivity index (χ1n) is 16.6. The van der Waals surface area contributed by atoms with Gasteiger partial charge in [-0.1, -0.05) is 158 Å². The summed E-state index contributed by atoms with van der Waals surface area (Å²) in [6, 6.07) is 59.1. The van der Waals surface area contributed by atoms with E-state index in [1.165, 1.54) is 43.9 Å². The van der Waals surface area contributed by atoms with E-state index < -0.39 is 7.92 Å². The summed E-state index contributed by atoms with van der Waals surface area (Å²) in [5, 5.41) is 17.3. The Hall–Kier alpha value is -4.23. The Kier molecular flexibility index (Phi) is 16.0. The van der Waals surface area contributed by atoms with Gasteiger partial charge < -0.3 is 5.11 Å². The Labute approximate surface area is 323 Å². The smallest absolute Gasteiger partial charge is 0.143 e. The average Bonchev–Trinajstić information content (AvgIpc) is 3.17. The number of benzene rings is 7. The number of hydrogen-bond donors (Lipinski definition) is 1. The molecule has 0 aromatic heterocycles. The Morgan fingerprint density at radius 1 is 0.627 bits per heavy atom. The summed E-state index contributed by atoms with van der Waals surface area (Å²) in [5.41, 5.74) is 3.83. The number of halogens is 2. The van der Waals surface area contributed by atoms with Crippen molar-refractivity contribution in [1.29, 1.82) is 0 Å². The Morgan fingerprint density at radius 3 is 1.63 bits per heavy atom. The van der Waals surface area contributed by atoms with Crippen LogP contribution in [0.4, 0.5) is 5.69 Å². The van der Waals surface area contributed by atoms with Gasteiger partial charge in [-0.3, -0.25) is 4.99 Å². The van der Waals surface area contributed by atoms with Crippen molar-refractivity contribution < 1.29 is 21.6 Å². The van der Waals surface area contributed by atoms with Gasteiger partial charge in [0.15, 0.2) is 0 Å². The predicted molar refractivity (Wildman–Crippen MR) is 219 cm³/mol. The molecule has 0 unspecified atom stereocenters. The molecule has 7 aromatic rings. The number of fused-ring (bicyclic) bond motifs is 1. The van der Waals surface area contributed by atoms with Crippen LogP contribution < -0.4 is 15.9 Å². The fourth-order valence-electron chi connectivity index (χ4n) is 5.44. The molecule has 7 rings (SSSR count). The molecule has 0 spiro atoms. The second-order valence-corrected chi connectivity index (χ2v) is 14.4. The van der Waals surface area contributed by atoms with Gasteiger partial charge in [0, 0.05) is 33.3 Å². The molecular weight excluding hydrogens is 731 g/mol. The van der Waals surface area contributed by atoms with Crippen molar-refractivity contribution >= 4 is 69.7 Å². The van der Waals surface area contributed by atoms with Crippen LogP contribution in [0.2, 0.25) is 10.0 Å². The van der Waals surface area contributed by atoms with Gasteiger partial charge in [0.05, 0.1) is 10.7 Å². The van der Waals surface area contributed by atoms with Crippen molar-refractivity contribution in [2.75, 3.05) is 0 Å². The number of phenolic OH excluding ortho intramolecular Hbond substituents is 1. The number of nitrogens with zero attached hydrogens (tertiary/aromatic N) is 1. The van der Waals surface area contributed by atoms with Crippen molar-refractivity contribution in [1.82, 2.24) is 0 Å². The van der Waals surface area contributed by atoms with E-state index in [0.717, 1.165) is 18.5 Å². The molecule has 0 saturated heterocycles. The van der Waals surface area contributed by atoms with Gasteiger partial charge in [-0.2, -0.15) is 0 Å². The maximum atomic E-state index is 9.97. The van der Waals surface area contributed by atoms with Crippen LogP contribution in [0.15, 0.2) is 169 Å². The molecule has 0 radical (unpaired) electrons. The summed E-state index contributed by atoms with van der Waals surface area (Å²) >= 11 is 11.9. The molecule has 51 heavy (non-hydrogen) atoms. The number of aryl methyl sites for hydroxylation is 2. The monoisotopic (exact) mass is 768 g/mol. The van der Waals surface area contributed by atoms with Gasteiger partial charge in [-0.25, -0.2) is 0 Å². The molecule has 7 aromatic carbocycles. The van der Waals surface area contributed by atoms with Crippen LogP contribution in [0.3, 0.4) is 0 Å². The third-order valence-electron chi connectivity index (χ3n) is 7.97. The van der Waals surface area contributed by atoms with Crippen molar-refractivity contribution in [3.63, 3.8) is 0 Å². The minimum atomic E-state index is -0.446. The maximum Gasteiger partial charge on any atom is 0.143 e. The standard InChI is InChI=1S/C18H15P.C17H17Cl2NO.C10H7.Ni/c1-4-10-16(11-5-1)19(17-12-6-2-7-13-17)18-14-8-3-9-15-18;1-3-11-6-5-7-12(4-2)16(11)20-10-13-8-14(18)9-15(19)17(13)21;1-2-6-10-8-4-3-7-9(10)5-1;/h1-15H;5-10,21H,3-4H2,1-2H3;1-7H;/q;;-1;. The van der Waals surface area contributed by atoms with E-state index >= 15 is 0 Å². The van der Waals surface area contributed by atoms with E-state index in [1.807, 2.05) is 30.3 Å². The maximum absolute atomic E-state index is 9.97. The summed E-state index contributed by atoms with van der Waals surface area (Å²) in [5.74, 6) is -0.00292. The molecule has 0 fully saturated rings. The van der Waals surface area contributed by atoms with E-state index in [1.54, 1.807) is 12.3 Å². The van der Waals surface area contributed by atoms with Gasteiger partial charge in [-0.05, 0) is 59.9 Å². The summed E-state index contributed by atoms with van der Waals surface area (Å²) < 4.78 is 0. The van der Waals surface area contributed by atoms with Crippen LogP contribution in [-0.2, 0) is 29.3 Å². The third-order valence-corrected chi connectivity index (χ3v) is 10.9. The van der Waals surface area contributed by atoms with Gasteiger partial charge in [0.1, 0.15) is 5.75 Å². The minimum Gasteiger partial charge on any atom is -0.506 e. The normalized spacial score (nSPS) is 10.5. The molecule has 6 heteroatoms. The molecule has 0 amide bonds. The van der Waals surface area contributed by atoms with E-state index in [9.17, 15) is 5.11 Å². The average molecular weight is 770 g/mol. The zero-order valence-corrected chi connectivity index (χ0v) is 31.9. The van der Waals surface area contributed by atoms with Crippen molar-refractivity contribution in [2.24, 2.45) is 4.99 Å². The summed E-state index contributed by atoms with van der Waals surface area (Å²) in [6.45, 7) is 4.20. The van der Waals surface area contributed by atoms with Crippen molar-refractivity contribution in [2.45, 2.75) is 26.7 Å². The molecule has 1 N–H and O–H groups in total. The van der Waals surface area contributed by atoms with Crippen LogP contribution >= 0.6 is 31.1 Å². The van der Waals surface area contributed by atoms with Crippen molar-refractivity contribution in [3.8, 4) is 5.75 Å². The summed E-state index contributed by atoms with van der Waals surface area (Å²) in [7, 11) is -0.446. The minimum absolute atomic E-state index is 0. The largest absolute Gasteiger partial charge is 0.506 e. The first-order valence-corrected chi connectivity index (χ1v) is 18.7. The predicted octanol–water partition coefficient (Wildman–Crippen LogP) is 11.7. The molecule has 0 bridgehead atoms. The zero-order valence-electron chi connectivity index (χ0n) is 28.5. The van der Waals surface area contributed by atoms with Crippen LogP contribution in [0.5, 0.6) is 5.75 Å². The van der Waals surface area contributed by atoms with Crippen LogP contribution in [0.1, 0.15) is 30.5 Å². The molecule has 0 saturated carbocycles. The first-order chi connectivity index (χ1) is 24.5. The number of hydrogen-bond acceptors (Lipinski definition) is 2. The van der Waals surface area contributed by atoms with Crippen LogP contribution in [0.25, 0.3) is 10.8 Å². The molecule has 260 valence electrons. The van der Waals surface area contributed by atoms with Gasteiger partial charge in [0.2, 0.25) is 0 Å². The molecule has 2 nitrogen and oxygen atoms in total. The van der Waals surface area contributed by atoms with Crippen molar-refractivity contribution in [3.05, 3.63) is 197 Å². The Bertz CT molecular complexity index is 1950. The first kappa shape index (κ1) is 39.6. The zero-order chi connectivity index (χ0) is 35.1. The van der Waals surface area contributed by atoms with Gasteiger partial charge in [0.25, 0.3) is 0 Å². The van der Waals surface area contributed by atoms with E-state index in [-0.39, 0.29) is 27.3 Å². The second kappa shape index (κ2) is 20.6. The number of phenols is 1. The van der Waals surface area contributed by atoms with Crippen LogP contribution in [0, 0.1) is 6.07 Å². The Balaban J connectivity index is 0.000000179. The van der Waals surface area contributed by atoms with Crippen LogP contribution in [-0.4, -0.2) is 11.3 Å². The number of aromatic hydroxyl groups is 1. The number of aliphatic imine (C=N–C) groups is 1. The topological polar surface area (TPSA) is 32.6 Å². The molecular formula is C45H39Cl2NNiOP-. The molecule has 0 atom stereocenters. The third kappa shape index (κ3) is 11.1. The summed E-state index contributed by atoms with van der Waals surface area (Å²) in [6.07, 6.45) is 3.42. The van der Waals surface area contributed by atoms with E-state index in [0.29, 0.717) is 10.6 Å². The molecule has 0 aliphatic rings. The van der Waals surface area contributed by atoms with E-state index in [4.69, 9.17) is 23.2 Å². The molecule has 0 aliphatic carbocycles. The Morgan fingerprint density at radius 2 is 1.12 bits per heavy atom.